The molecule has 3 aromatic heterocycles. The molecule has 0 aliphatic rings. The zero-order valence-corrected chi connectivity index (χ0v) is 14.0. The second-order valence-corrected chi connectivity index (χ2v) is 6.92. The van der Waals surface area contributed by atoms with Crippen molar-refractivity contribution < 1.29 is 0 Å². The minimum Gasteiger partial charge on any atom is -0.312 e. The predicted octanol–water partition coefficient (Wildman–Crippen LogP) is 4.27. The van der Waals surface area contributed by atoms with E-state index in [1.807, 2.05) is 25.1 Å². The molecule has 0 fully saturated rings. The van der Waals surface area contributed by atoms with Crippen molar-refractivity contribution in [3.05, 3.63) is 57.2 Å². The standard InChI is InChI=1S/C16H10BrN3OS/c1-8-6-11(9-2-4-10(17)5-3-9)12-13-14(22-16(12)20-8)15(21)19-7-18-13/h2-7H,1H3,(H,18,19,21). The van der Waals surface area contributed by atoms with E-state index in [2.05, 4.69) is 43.0 Å². The minimum atomic E-state index is -0.118. The van der Waals surface area contributed by atoms with Crippen LogP contribution in [0.4, 0.5) is 0 Å². The second-order valence-electron chi connectivity index (χ2n) is 5.01. The Balaban J connectivity index is 2.17. The Labute approximate surface area is 138 Å². The maximum absolute atomic E-state index is 12.0. The Bertz CT molecular complexity index is 1070. The molecular formula is C16H10BrN3OS. The molecule has 6 heteroatoms. The van der Waals surface area contributed by atoms with Gasteiger partial charge in [-0.2, -0.15) is 0 Å². The van der Waals surface area contributed by atoms with E-state index in [0.29, 0.717) is 10.2 Å². The summed E-state index contributed by atoms with van der Waals surface area (Å²) in [5.41, 5.74) is 3.66. The zero-order valence-electron chi connectivity index (χ0n) is 11.6. The number of fused-ring (bicyclic) bond motifs is 3. The Morgan fingerprint density at radius 3 is 2.77 bits per heavy atom. The second kappa shape index (κ2) is 5.00. The van der Waals surface area contributed by atoms with E-state index in [1.54, 1.807) is 0 Å². The minimum absolute atomic E-state index is 0.118. The van der Waals surface area contributed by atoms with Crippen LogP contribution in [0.15, 0.2) is 45.9 Å². The summed E-state index contributed by atoms with van der Waals surface area (Å²) in [6.07, 6.45) is 1.45. The van der Waals surface area contributed by atoms with Crippen LogP contribution < -0.4 is 5.56 Å². The first-order chi connectivity index (χ1) is 10.6. The topological polar surface area (TPSA) is 58.6 Å². The quantitative estimate of drug-likeness (QED) is 0.543. The highest BCUT2D eigenvalue weighted by Crippen LogP contribution is 2.37. The SMILES string of the molecule is Cc1cc(-c2ccc(Br)cc2)c2c(n1)sc1c(=O)[nH]cnc12. The summed E-state index contributed by atoms with van der Waals surface area (Å²) in [5.74, 6) is 0. The zero-order chi connectivity index (χ0) is 15.3. The van der Waals surface area contributed by atoms with Gasteiger partial charge in [0.2, 0.25) is 0 Å². The number of hydrogen-bond acceptors (Lipinski definition) is 4. The van der Waals surface area contributed by atoms with Crippen LogP contribution in [-0.4, -0.2) is 15.0 Å². The van der Waals surface area contributed by atoms with Gasteiger partial charge in [-0.05, 0) is 36.2 Å². The van der Waals surface area contributed by atoms with Crippen LogP contribution in [0.1, 0.15) is 5.69 Å². The molecule has 0 unspecified atom stereocenters. The summed E-state index contributed by atoms with van der Waals surface area (Å²) in [4.78, 5) is 24.4. The summed E-state index contributed by atoms with van der Waals surface area (Å²) in [6, 6.07) is 10.2. The number of thiophene rings is 1. The summed E-state index contributed by atoms with van der Waals surface area (Å²) < 4.78 is 1.65. The van der Waals surface area contributed by atoms with Gasteiger partial charge in [-0.3, -0.25) is 4.79 Å². The van der Waals surface area contributed by atoms with Gasteiger partial charge in [-0.15, -0.1) is 11.3 Å². The predicted molar refractivity (Wildman–Crippen MR) is 93.4 cm³/mol. The first-order valence-corrected chi connectivity index (χ1v) is 8.28. The van der Waals surface area contributed by atoms with Gasteiger partial charge < -0.3 is 4.98 Å². The highest BCUT2D eigenvalue weighted by atomic mass is 79.9. The van der Waals surface area contributed by atoms with Crippen molar-refractivity contribution in [1.29, 1.82) is 0 Å². The van der Waals surface area contributed by atoms with E-state index in [0.717, 1.165) is 31.5 Å². The lowest BCUT2D eigenvalue weighted by atomic mass is 10.0. The van der Waals surface area contributed by atoms with Crippen LogP contribution in [-0.2, 0) is 0 Å². The molecule has 1 N–H and O–H groups in total. The number of nitrogens with one attached hydrogen (secondary N) is 1. The van der Waals surface area contributed by atoms with E-state index < -0.39 is 0 Å². The van der Waals surface area contributed by atoms with E-state index >= 15 is 0 Å². The van der Waals surface area contributed by atoms with Crippen LogP contribution in [0, 0.1) is 6.92 Å². The lowest BCUT2D eigenvalue weighted by Crippen LogP contribution is -2.03. The fourth-order valence-electron chi connectivity index (χ4n) is 2.56. The molecule has 3 heterocycles. The van der Waals surface area contributed by atoms with Gasteiger partial charge >= 0.3 is 0 Å². The van der Waals surface area contributed by atoms with Crippen molar-refractivity contribution in [2.75, 3.05) is 0 Å². The number of aryl methyl sites for hydroxylation is 1. The van der Waals surface area contributed by atoms with Gasteiger partial charge in [-0.25, -0.2) is 9.97 Å². The molecule has 0 bridgehead atoms. The van der Waals surface area contributed by atoms with Crippen molar-refractivity contribution in [1.82, 2.24) is 15.0 Å². The lowest BCUT2D eigenvalue weighted by Gasteiger charge is -2.06. The van der Waals surface area contributed by atoms with Gasteiger partial charge in [0.05, 0.1) is 11.8 Å². The summed E-state index contributed by atoms with van der Waals surface area (Å²) in [5, 5.41) is 0.944. The number of benzene rings is 1. The molecule has 4 aromatic rings. The van der Waals surface area contributed by atoms with E-state index in [-0.39, 0.29) is 5.56 Å². The van der Waals surface area contributed by atoms with Crippen molar-refractivity contribution in [2.24, 2.45) is 0 Å². The lowest BCUT2D eigenvalue weighted by molar-refractivity contribution is 1.18. The smallest absolute Gasteiger partial charge is 0.268 e. The van der Waals surface area contributed by atoms with Gasteiger partial charge in [0.25, 0.3) is 5.56 Å². The van der Waals surface area contributed by atoms with Gasteiger partial charge in [-0.1, -0.05) is 28.1 Å². The molecule has 0 spiro atoms. The van der Waals surface area contributed by atoms with Gasteiger partial charge in [0, 0.05) is 15.6 Å². The highest BCUT2D eigenvalue weighted by molar-refractivity contribution is 9.10. The Morgan fingerprint density at radius 2 is 2.00 bits per heavy atom. The number of halogens is 1. The molecule has 22 heavy (non-hydrogen) atoms. The molecule has 4 nitrogen and oxygen atoms in total. The van der Waals surface area contributed by atoms with Crippen molar-refractivity contribution in [3.63, 3.8) is 0 Å². The van der Waals surface area contributed by atoms with Gasteiger partial charge in [0.15, 0.2) is 0 Å². The molecular weight excluding hydrogens is 362 g/mol. The molecule has 4 rings (SSSR count). The highest BCUT2D eigenvalue weighted by Gasteiger charge is 2.15. The maximum Gasteiger partial charge on any atom is 0.268 e. The summed E-state index contributed by atoms with van der Waals surface area (Å²) >= 11 is 4.84. The molecule has 0 amide bonds. The third kappa shape index (κ3) is 2.07. The average molecular weight is 372 g/mol. The molecule has 1 aromatic carbocycles. The van der Waals surface area contributed by atoms with Gasteiger partial charge in [0.1, 0.15) is 9.53 Å². The number of rotatable bonds is 1. The number of nitrogens with zero attached hydrogens (tertiary/aromatic N) is 2. The largest absolute Gasteiger partial charge is 0.312 e. The van der Waals surface area contributed by atoms with E-state index in [4.69, 9.17) is 0 Å². The van der Waals surface area contributed by atoms with E-state index in [9.17, 15) is 4.79 Å². The fourth-order valence-corrected chi connectivity index (χ4v) is 3.92. The Kier molecular flexibility index (Phi) is 3.09. The van der Waals surface area contributed by atoms with Crippen molar-refractivity contribution in [3.8, 4) is 11.1 Å². The van der Waals surface area contributed by atoms with Crippen molar-refractivity contribution >= 4 is 47.7 Å². The van der Waals surface area contributed by atoms with Crippen LogP contribution in [0.2, 0.25) is 0 Å². The summed E-state index contributed by atoms with van der Waals surface area (Å²) in [7, 11) is 0. The molecule has 0 atom stereocenters. The number of pyridine rings is 1. The maximum atomic E-state index is 12.0. The third-order valence-electron chi connectivity index (χ3n) is 3.52. The average Bonchev–Trinajstić information content (AvgIpc) is 2.87. The first-order valence-electron chi connectivity index (χ1n) is 6.67. The molecule has 108 valence electrons. The number of hydrogen-bond donors (Lipinski definition) is 1. The first kappa shape index (κ1) is 13.6. The molecule has 0 aliphatic carbocycles. The van der Waals surface area contributed by atoms with Crippen LogP contribution >= 0.6 is 27.3 Å². The molecule has 0 saturated heterocycles. The molecule has 0 saturated carbocycles. The molecule has 0 aliphatic heterocycles. The number of aromatic nitrogens is 3. The van der Waals surface area contributed by atoms with Crippen LogP contribution in [0.5, 0.6) is 0 Å². The third-order valence-corrected chi connectivity index (χ3v) is 5.12. The van der Waals surface area contributed by atoms with Crippen LogP contribution in [0.3, 0.4) is 0 Å². The fraction of sp³-hybridized carbons (Fsp3) is 0.0625. The van der Waals surface area contributed by atoms with Crippen LogP contribution in [0.25, 0.3) is 31.6 Å². The summed E-state index contributed by atoms with van der Waals surface area (Å²) in [6.45, 7) is 1.96. The Morgan fingerprint density at radius 1 is 1.23 bits per heavy atom. The Hall–Kier alpha value is -2.05. The van der Waals surface area contributed by atoms with E-state index in [1.165, 1.54) is 17.7 Å². The normalized spacial score (nSPS) is 11.4. The van der Waals surface area contributed by atoms with Crippen molar-refractivity contribution in [2.45, 2.75) is 6.92 Å². The number of H-pyrrole nitrogens is 1. The monoisotopic (exact) mass is 371 g/mol. The molecule has 0 radical (unpaired) electrons. The number of aromatic amines is 1.